The van der Waals surface area contributed by atoms with Crippen LogP contribution in [0.25, 0.3) is 6.08 Å². The molecular formula is C22H23NO5. The summed E-state index contributed by atoms with van der Waals surface area (Å²) in [6.45, 7) is 5.52. The maximum absolute atomic E-state index is 12.2. The number of hydrogen-bond donors (Lipinski definition) is 1. The molecule has 0 aromatic heterocycles. The summed E-state index contributed by atoms with van der Waals surface area (Å²) in [6.07, 6.45) is 3.57. The van der Waals surface area contributed by atoms with Crippen molar-refractivity contribution in [1.82, 2.24) is 0 Å². The topological polar surface area (TPSA) is 73.9 Å². The lowest BCUT2D eigenvalue weighted by Crippen LogP contribution is -2.29. The predicted molar refractivity (Wildman–Crippen MR) is 108 cm³/mol. The molecule has 1 amide bonds. The molecule has 0 aliphatic heterocycles. The molecule has 0 aliphatic rings. The third-order valence-electron chi connectivity index (χ3n) is 3.69. The molecule has 0 saturated carbocycles. The Morgan fingerprint density at radius 2 is 1.86 bits per heavy atom. The Morgan fingerprint density at radius 1 is 1.14 bits per heavy atom. The molecule has 0 fully saturated rings. The highest BCUT2D eigenvalue weighted by Gasteiger charge is 2.18. The number of esters is 1. The Kier molecular flexibility index (Phi) is 7.84. The number of carbonyl (C=O) groups is 2. The zero-order valence-corrected chi connectivity index (χ0v) is 15.9. The van der Waals surface area contributed by atoms with Gasteiger partial charge in [-0.25, -0.2) is 4.79 Å². The van der Waals surface area contributed by atoms with Gasteiger partial charge in [-0.1, -0.05) is 36.9 Å². The summed E-state index contributed by atoms with van der Waals surface area (Å²) in [5, 5.41) is 2.68. The van der Waals surface area contributed by atoms with E-state index < -0.39 is 18.0 Å². The molecule has 1 N–H and O–H groups in total. The molecule has 2 rings (SSSR count). The van der Waals surface area contributed by atoms with Crippen molar-refractivity contribution in [3.8, 4) is 11.5 Å². The number of nitrogens with one attached hydrogen (secondary N) is 1. The van der Waals surface area contributed by atoms with Crippen molar-refractivity contribution in [2.24, 2.45) is 0 Å². The smallest absolute Gasteiger partial charge is 0.331 e. The lowest BCUT2D eigenvalue weighted by molar-refractivity contribution is -0.148. The van der Waals surface area contributed by atoms with Gasteiger partial charge in [0.25, 0.3) is 5.91 Å². The first kappa shape index (κ1) is 20.8. The molecule has 0 saturated heterocycles. The number of anilines is 1. The van der Waals surface area contributed by atoms with E-state index in [9.17, 15) is 9.59 Å². The average molecular weight is 381 g/mol. The van der Waals surface area contributed by atoms with Gasteiger partial charge in [-0.3, -0.25) is 4.79 Å². The Labute approximate surface area is 164 Å². The largest absolute Gasteiger partial charge is 0.495 e. The Bertz CT molecular complexity index is 842. The first-order valence-electron chi connectivity index (χ1n) is 8.70. The number of carbonyl (C=O) groups excluding carboxylic acids is 2. The van der Waals surface area contributed by atoms with Gasteiger partial charge in [0.2, 0.25) is 0 Å². The van der Waals surface area contributed by atoms with Crippen LogP contribution in [0.15, 0.2) is 67.3 Å². The molecule has 1 atom stereocenters. The number of amides is 1. The summed E-state index contributed by atoms with van der Waals surface area (Å²) >= 11 is 0. The van der Waals surface area contributed by atoms with E-state index in [-0.39, 0.29) is 0 Å². The molecule has 28 heavy (non-hydrogen) atoms. The standard InChI is InChI=1S/C22H23NO5/c1-4-15-27-18-12-9-17(10-13-18)11-14-21(24)28-16(2)22(25)23-19-7-5-6-8-20(19)26-3/h4-14,16H,1,15H2,2-3H3,(H,23,25). The van der Waals surface area contributed by atoms with Gasteiger partial charge in [0.1, 0.15) is 18.1 Å². The number of ether oxygens (including phenoxy) is 3. The Morgan fingerprint density at radius 3 is 2.54 bits per heavy atom. The van der Waals surface area contributed by atoms with Gasteiger partial charge < -0.3 is 19.5 Å². The minimum atomic E-state index is -0.961. The van der Waals surface area contributed by atoms with Crippen molar-refractivity contribution in [3.63, 3.8) is 0 Å². The normalized spacial score (nSPS) is 11.5. The van der Waals surface area contributed by atoms with Crippen molar-refractivity contribution in [2.75, 3.05) is 19.0 Å². The monoisotopic (exact) mass is 381 g/mol. The van der Waals surface area contributed by atoms with Crippen LogP contribution >= 0.6 is 0 Å². The lowest BCUT2D eigenvalue weighted by Gasteiger charge is -2.14. The molecule has 146 valence electrons. The summed E-state index contributed by atoms with van der Waals surface area (Å²) in [5.41, 5.74) is 1.31. The van der Waals surface area contributed by atoms with Crippen LogP contribution in [0.1, 0.15) is 12.5 Å². The van der Waals surface area contributed by atoms with E-state index in [2.05, 4.69) is 11.9 Å². The summed E-state index contributed by atoms with van der Waals surface area (Å²) in [4.78, 5) is 24.2. The fourth-order valence-corrected chi connectivity index (χ4v) is 2.24. The number of para-hydroxylation sites is 2. The van der Waals surface area contributed by atoms with Crippen LogP contribution in [-0.4, -0.2) is 31.7 Å². The molecular weight excluding hydrogens is 358 g/mol. The van der Waals surface area contributed by atoms with E-state index in [4.69, 9.17) is 14.2 Å². The number of methoxy groups -OCH3 is 1. The van der Waals surface area contributed by atoms with Gasteiger partial charge in [-0.05, 0) is 42.8 Å². The Balaban J connectivity index is 1.88. The highest BCUT2D eigenvalue weighted by atomic mass is 16.5. The second-order valence-corrected chi connectivity index (χ2v) is 5.77. The van der Waals surface area contributed by atoms with Gasteiger partial charge >= 0.3 is 5.97 Å². The first-order chi connectivity index (χ1) is 13.5. The lowest BCUT2D eigenvalue weighted by atomic mass is 10.2. The van der Waals surface area contributed by atoms with Crippen LogP contribution in [0.5, 0.6) is 11.5 Å². The zero-order chi connectivity index (χ0) is 20.4. The molecule has 0 aliphatic carbocycles. The summed E-state index contributed by atoms with van der Waals surface area (Å²) in [6, 6.07) is 14.2. The predicted octanol–water partition coefficient (Wildman–Crippen LogP) is 3.84. The molecule has 1 unspecified atom stereocenters. The van der Waals surface area contributed by atoms with Gasteiger partial charge in [-0.15, -0.1) is 0 Å². The maximum Gasteiger partial charge on any atom is 0.331 e. The van der Waals surface area contributed by atoms with Gasteiger partial charge in [-0.2, -0.15) is 0 Å². The molecule has 0 spiro atoms. The zero-order valence-electron chi connectivity index (χ0n) is 15.9. The van der Waals surface area contributed by atoms with Crippen molar-refractivity contribution in [3.05, 3.63) is 72.8 Å². The van der Waals surface area contributed by atoms with E-state index in [0.717, 1.165) is 5.56 Å². The van der Waals surface area contributed by atoms with Crippen molar-refractivity contribution >= 4 is 23.6 Å². The molecule has 0 heterocycles. The van der Waals surface area contributed by atoms with Crippen LogP contribution in [0.4, 0.5) is 5.69 Å². The fraction of sp³-hybridized carbons (Fsp3) is 0.182. The summed E-state index contributed by atoms with van der Waals surface area (Å²) in [5.74, 6) is 0.167. The van der Waals surface area contributed by atoms with E-state index in [1.165, 1.54) is 20.1 Å². The maximum atomic E-state index is 12.2. The van der Waals surface area contributed by atoms with Crippen LogP contribution in [0.2, 0.25) is 0 Å². The van der Waals surface area contributed by atoms with Gasteiger partial charge in [0, 0.05) is 6.08 Å². The Hall–Kier alpha value is -3.54. The van der Waals surface area contributed by atoms with Crippen LogP contribution in [0, 0.1) is 0 Å². The number of rotatable bonds is 9. The molecule has 2 aromatic rings. The van der Waals surface area contributed by atoms with Crippen molar-refractivity contribution in [2.45, 2.75) is 13.0 Å². The highest BCUT2D eigenvalue weighted by molar-refractivity contribution is 5.97. The summed E-state index contributed by atoms with van der Waals surface area (Å²) in [7, 11) is 1.51. The van der Waals surface area contributed by atoms with Crippen LogP contribution < -0.4 is 14.8 Å². The second kappa shape index (κ2) is 10.6. The molecule has 6 heteroatoms. The number of hydrogen-bond acceptors (Lipinski definition) is 5. The molecule has 0 bridgehead atoms. The molecule has 6 nitrogen and oxygen atoms in total. The van der Waals surface area contributed by atoms with Crippen LogP contribution in [-0.2, 0) is 14.3 Å². The molecule has 2 aromatic carbocycles. The van der Waals surface area contributed by atoms with Gasteiger partial charge in [0.05, 0.1) is 12.8 Å². The third kappa shape index (κ3) is 6.32. The van der Waals surface area contributed by atoms with Gasteiger partial charge in [0.15, 0.2) is 6.10 Å². The minimum absolute atomic E-state index is 0.427. The quantitative estimate of drug-likeness (QED) is 0.406. The second-order valence-electron chi connectivity index (χ2n) is 5.77. The molecule has 0 radical (unpaired) electrons. The van der Waals surface area contributed by atoms with E-state index in [1.807, 2.05) is 0 Å². The van der Waals surface area contributed by atoms with E-state index in [0.29, 0.717) is 23.8 Å². The fourth-order valence-electron chi connectivity index (χ4n) is 2.24. The minimum Gasteiger partial charge on any atom is -0.495 e. The SMILES string of the molecule is C=CCOc1ccc(C=CC(=O)OC(C)C(=O)Nc2ccccc2OC)cc1. The van der Waals surface area contributed by atoms with Crippen LogP contribution in [0.3, 0.4) is 0 Å². The third-order valence-corrected chi connectivity index (χ3v) is 3.69. The summed E-state index contributed by atoms with van der Waals surface area (Å²) < 4.78 is 15.7. The van der Waals surface area contributed by atoms with E-state index >= 15 is 0 Å². The van der Waals surface area contributed by atoms with E-state index in [1.54, 1.807) is 60.7 Å². The first-order valence-corrected chi connectivity index (χ1v) is 8.70. The highest BCUT2D eigenvalue weighted by Crippen LogP contribution is 2.23. The average Bonchev–Trinajstić information content (AvgIpc) is 2.71. The van der Waals surface area contributed by atoms with Crippen molar-refractivity contribution in [1.29, 1.82) is 0 Å². The van der Waals surface area contributed by atoms with Crippen molar-refractivity contribution < 1.29 is 23.8 Å². The number of benzene rings is 2.